The van der Waals surface area contributed by atoms with Gasteiger partial charge in [0, 0.05) is 17.7 Å². The van der Waals surface area contributed by atoms with Crippen LogP contribution in [0.5, 0.6) is 0 Å². The van der Waals surface area contributed by atoms with Gasteiger partial charge in [-0.2, -0.15) is 9.90 Å². The largest absolute Gasteiger partial charge is 0.241 e. The summed E-state index contributed by atoms with van der Waals surface area (Å²) in [5, 5.41) is 17.0. The minimum absolute atomic E-state index is 0.538. The van der Waals surface area contributed by atoms with Crippen molar-refractivity contribution in [1.82, 2.24) is 30.0 Å². The molecule has 2 heterocycles. The van der Waals surface area contributed by atoms with Crippen LogP contribution in [0.4, 0.5) is 0 Å². The number of rotatable bonds is 4. The molecule has 1 saturated carbocycles. The Hall–Kier alpha value is -2.50. The summed E-state index contributed by atoms with van der Waals surface area (Å²) in [6.07, 6.45) is 6.22. The highest BCUT2D eigenvalue weighted by Crippen LogP contribution is 2.37. The summed E-state index contributed by atoms with van der Waals surface area (Å²) in [4.78, 5) is 1.64. The van der Waals surface area contributed by atoms with Gasteiger partial charge in [0.2, 0.25) is 0 Å². The van der Waals surface area contributed by atoms with Crippen LogP contribution in [-0.2, 0) is 6.54 Å². The third-order valence-corrected chi connectivity index (χ3v) is 3.39. The molecule has 0 saturated heterocycles. The van der Waals surface area contributed by atoms with Crippen molar-refractivity contribution in [1.29, 1.82) is 0 Å². The van der Waals surface area contributed by atoms with E-state index in [1.165, 1.54) is 12.8 Å². The summed E-state index contributed by atoms with van der Waals surface area (Å²) >= 11 is 0. The predicted octanol–water partition coefficient (Wildman–Crippen LogP) is 1.78. The monoisotopic (exact) mass is 266 g/mol. The Morgan fingerprint density at radius 2 is 2.00 bits per heavy atom. The zero-order chi connectivity index (χ0) is 13.4. The van der Waals surface area contributed by atoms with Gasteiger partial charge in [0.05, 0.1) is 18.4 Å². The second kappa shape index (κ2) is 4.56. The first-order valence-corrected chi connectivity index (χ1v) is 6.75. The molecule has 0 bridgehead atoms. The van der Waals surface area contributed by atoms with E-state index < -0.39 is 0 Å². The van der Waals surface area contributed by atoms with Crippen molar-refractivity contribution < 1.29 is 0 Å². The topological polar surface area (TPSA) is 61.4 Å². The summed E-state index contributed by atoms with van der Waals surface area (Å²) in [5.41, 5.74) is 2.11. The van der Waals surface area contributed by atoms with Gasteiger partial charge in [-0.3, -0.25) is 0 Å². The zero-order valence-electron chi connectivity index (χ0n) is 10.9. The van der Waals surface area contributed by atoms with Crippen molar-refractivity contribution in [2.75, 3.05) is 0 Å². The highest BCUT2D eigenvalue weighted by Gasteiger charge is 2.28. The zero-order valence-corrected chi connectivity index (χ0v) is 10.9. The van der Waals surface area contributed by atoms with E-state index in [0.29, 0.717) is 12.5 Å². The van der Waals surface area contributed by atoms with Crippen molar-refractivity contribution in [3.8, 4) is 5.69 Å². The minimum atomic E-state index is 0.538. The normalized spacial score (nSPS) is 14.6. The average molecular weight is 266 g/mol. The fourth-order valence-corrected chi connectivity index (χ4v) is 2.15. The first-order valence-electron chi connectivity index (χ1n) is 6.75. The Morgan fingerprint density at radius 1 is 1.15 bits per heavy atom. The number of para-hydroxylation sites is 1. The van der Waals surface area contributed by atoms with E-state index >= 15 is 0 Å². The summed E-state index contributed by atoms with van der Waals surface area (Å²) in [5.74, 6) is 1.41. The summed E-state index contributed by atoms with van der Waals surface area (Å²) in [7, 11) is 0. The molecule has 1 aliphatic rings. The Bertz CT molecular complexity index is 710. The molecule has 0 N–H and O–H groups in total. The second-order valence-electron chi connectivity index (χ2n) is 5.08. The molecule has 0 unspecified atom stereocenters. The van der Waals surface area contributed by atoms with Gasteiger partial charge in [0.1, 0.15) is 0 Å². The van der Waals surface area contributed by atoms with Crippen LogP contribution in [0, 0.1) is 0 Å². The molecule has 2 aromatic heterocycles. The van der Waals surface area contributed by atoms with Gasteiger partial charge in [-0.25, -0.2) is 4.68 Å². The molecule has 6 nitrogen and oxygen atoms in total. The molecular weight excluding hydrogens is 252 g/mol. The highest BCUT2D eigenvalue weighted by molar-refractivity contribution is 5.30. The minimum Gasteiger partial charge on any atom is -0.241 e. The molecular formula is C14H14N6. The van der Waals surface area contributed by atoms with Gasteiger partial charge in [-0.15, -0.1) is 10.2 Å². The van der Waals surface area contributed by atoms with Crippen LogP contribution >= 0.6 is 0 Å². The highest BCUT2D eigenvalue weighted by atomic mass is 15.6. The SMILES string of the molecule is c1ccc(-n2cc(Cn3nnc(C4CC4)n3)cn2)cc1. The lowest BCUT2D eigenvalue weighted by molar-refractivity contribution is 0.570. The fourth-order valence-electron chi connectivity index (χ4n) is 2.15. The lowest BCUT2D eigenvalue weighted by atomic mass is 10.3. The van der Waals surface area contributed by atoms with Gasteiger partial charge < -0.3 is 0 Å². The summed E-state index contributed by atoms with van der Waals surface area (Å²) in [6.45, 7) is 0.604. The molecule has 0 spiro atoms. The van der Waals surface area contributed by atoms with E-state index in [-0.39, 0.29) is 0 Å². The standard InChI is InChI=1S/C14H14N6/c1-2-4-13(5-3-1)19-9-11(8-15-19)10-20-17-14(16-18-20)12-6-7-12/h1-5,8-9,12H,6-7,10H2. The van der Waals surface area contributed by atoms with E-state index in [0.717, 1.165) is 17.1 Å². The lowest BCUT2D eigenvalue weighted by Crippen LogP contribution is -2.03. The van der Waals surface area contributed by atoms with Crippen LogP contribution in [0.1, 0.15) is 30.1 Å². The van der Waals surface area contributed by atoms with Gasteiger partial charge in [-0.1, -0.05) is 18.2 Å². The third kappa shape index (κ3) is 2.20. The average Bonchev–Trinajstić information content (AvgIpc) is 3.06. The van der Waals surface area contributed by atoms with Crippen LogP contribution < -0.4 is 0 Å². The quantitative estimate of drug-likeness (QED) is 0.722. The fraction of sp³-hybridized carbons (Fsp3) is 0.286. The third-order valence-electron chi connectivity index (χ3n) is 3.39. The predicted molar refractivity (Wildman–Crippen MR) is 72.5 cm³/mol. The number of hydrogen-bond acceptors (Lipinski definition) is 4. The maximum atomic E-state index is 4.41. The van der Waals surface area contributed by atoms with E-state index in [2.05, 4.69) is 20.5 Å². The molecule has 20 heavy (non-hydrogen) atoms. The van der Waals surface area contributed by atoms with Crippen molar-refractivity contribution in [3.63, 3.8) is 0 Å². The van der Waals surface area contributed by atoms with Gasteiger partial charge in [-0.05, 0) is 30.2 Å². The first kappa shape index (κ1) is 11.3. The first-order chi connectivity index (χ1) is 9.88. The number of nitrogens with zero attached hydrogens (tertiary/aromatic N) is 6. The Balaban J connectivity index is 1.52. The van der Waals surface area contributed by atoms with Crippen molar-refractivity contribution in [2.24, 2.45) is 0 Å². The maximum absolute atomic E-state index is 4.41. The van der Waals surface area contributed by atoms with Crippen LogP contribution in [0.15, 0.2) is 42.7 Å². The van der Waals surface area contributed by atoms with Gasteiger partial charge in [0.25, 0.3) is 0 Å². The Labute approximate surface area is 116 Å². The molecule has 3 aromatic rings. The maximum Gasteiger partial charge on any atom is 0.177 e. The van der Waals surface area contributed by atoms with Crippen molar-refractivity contribution >= 4 is 0 Å². The molecule has 100 valence electrons. The molecule has 1 fully saturated rings. The van der Waals surface area contributed by atoms with E-state index in [1.54, 1.807) is 4.80 Å². The second-order valence-corrected chi connectivity index (χ2v) is 5.08. The molecule has 0 aliphatic heterocycles. The molecule has 0 amide bonds. The molecule has 6 heteroatoms. The lowest BCUT2D eigenvalue weighted by Gasteiger charge is -1.99. The summed E-state index contributed by atoms with van der Waals surface area (Å²) < 4.78 is 1.86. The van der Waals surface area contributed by atoms with Crippen LogP contribution in [-0.4, -0.2) is 30.0 Å². The van der Waals surface area contributed by atoms with Crippen molar-refractivity contribution in [3.05, 3.63) is 54.1 Å². The molecule has 4 rings (SSSR count). The van der Waals surface area contributed by atoms with E-state index in [9.17, 15) is 0 Å². The number of tetrazole rings is 1. The smallest absolute Gasteiger partial charge is 0.177 e. The summed E-state index contributed by atoms with van der Waals surface area (Å²) in [6, 6.07) is 10.0. The van der Waals surface area contributed by atoms with Gasteiger partial charge in [0.15, 0.2) is 5.82 Å². The molecule has 1 aliphatic carbocycles. The van der Waals surface area contributed by atoms with E-state index in [1.807, 2.05) is 47.4 Å². The molecule has 0 radical (unpaired) electrons. The van der Waals surface area contributed by atoms with Crippen molar-refractivity contribution in [2.45, 2.75) is 25.3 Å². The van der Waals surface area contributed by atoms with Crippen LogP contribution in [0.3, 0.4) is 0 Å². The Kier molecular flexibility index (Phi) is 2.58. The number of aromatic nitrogens is 6. The number of benzene rings is 1. The molecule has 1 aromatic carbocycles. The van der Waals surface area contributed by atoms with Gasteiger partial charge >= 0.3 is 0 Å². The Morgan fingerprint density at radius 3 is 2.80 bits per heavy atom. The molecule has 0 atom stereocenters. The van der Waals surface area contributed by atoms with E-state index in [4.69, 9.17) is 0 Å². The van der Waals surface area contributed by atoms with Crippen LogP contribution in [0.25, 0.3) is 5.69 Å². The number of hydrogen-bond donors (Lipinski definition) is 0. The van der Waals surface area contributed by atoms with Crippen LogP contribution in [0.2, 0.25) is 0 Å².